The molecule has 3 heteroatoms. The highest BCUT2D eigenvalue weighted by Gasteiger charge is 2.21. The van der Waals surface area contributed by atoms with Crippen LogP contribution < -0.4 is 5.32 Å². The van der Waals surface area contributed by atoms with E-state index in [1.54, 1.807) is 0 Å². The maximum atomic E-state index is 12.3. The molecule has 0 heterocycles. The Balaban J connectivity index is 2.82. The van der Waals surface area contributed by atoms with Gasteiger partial charge in [-0.1, -0.05) is 51.8 Å². The Morgan fingerprint density at radius 3 is 2.30 bits per heavy atom. The van der Waals surface area contributed by atoms with E-state index in [4.69, 9.17) is 0 Å². The van der Waals surface area contributed by atoms with Crippen LogP contribution >= 0.6 is 0 Å². The van der Waals surface area contributed by atoms with Crippen LogP contribution in [0.15, 0.2) is 29.3 Å². The number of aliphatic imine (C=N–C) groups is 1. The van der Waals surface area contributed by atoms with Gasteiger partial charge in [0.1, 0.15) is 5.84 Å². The topological polar surface area (TPSA) is 41.5 Å². The molecule has 3 nitrogen and oxygen atoms in total. The summed E-state index contributed by atoms with van der Waals surface area (Å²) >= 11 is 0. The van der Waals surface area contributed by atoms with Gasteiger partial charge in [-0.05, 0) is 25.5 Å². The lowest BCUT2D eigenvalue weighted by Crippen LogP contribution is -2.39. The first-order chi connectivity index (χ1) is 9.34. The van der Waals surface area contributed by atoms with Crippen LogP contribution in [0.25, 0.3) is 0 Å². The molecule has 0 aliphatic heterocycles. The molecule has 1 amide bonds. The average molecular weight is 274 g/mol. The third-order valence-electron chi connectivity index (χ3n) is 3.04. The van der Waals surface area contributed by atoms with Crippen molar-refractivity contribution in [2.45, 2.75) is 47.5 Å². The van der Waals surface area contributed by atoms with Gasteiger partial charge in [-0.15, -0.1) is 0 Å². The Bertz CT molecular complexity index is 467. The summed E-state index contributed by atoms with van der Waals surface area (Å²) < 4.78 is 0. The number of nitrogens with one attached hydrogen (secondary N) is 1. The van der Waals surface area contributed by atoms with E-state index in [2.05, 4.69) is 38.0 Å². The van der Waals surface area contributed by atoms with E-state index in [0.29, 0.717) is 5.56 Å². The second-order valence-electron chi connectivity index (χ2n) is 6.15. The molecule has 1 rings (SSSR count). The van der Waals surface area contributed by atoms with E-state index in [9.17, 15) is 4.79 Å². The van der Waals surface area contributed by atoms with Gasteiger partial charge >= 0.3 is 0 Å². The van der Waals surface area contributed by atoms with Crippen molar-refractivity contribution >= 4 is 11.7 Å². The van der Waals surface area contributed by atoms with E-state index in [1.165, 1.54) is 0 Å². The number of amides is 1. The maximum absolute atomic E-state index is 12.3. The second kappa shape index (κ2) is 7.22. The van der Waals surface area contributed by atoms with Gasteiger partial charge < -0.3 is 5.32 Å². The van der Waals surface area contributed by atoms with Crippen molar-refractivity contribution in [3.8, 4) is 0 Å². The first-order valence-electron chi connectivity index (χ1n) is 7.27. The first-order valence-corrected chi connectivity index (χ1v) is 7.27. The van der Waals surface area contributed by atoms with Crippen molar-refractivity contribution in [2.24, 2.45) is 10.4 Å². The van der Waals surface area contributed by atoms with Gasteiger partial charge in [-0.2, -0.15) is 0 Å². The van der Waals surface area contributed by atoms with Crippen LogP contribution in [0.3, 0.4) is 0 Å². The fourth-order valence-corrected chi connectivity index (χ4v) is 1.70. The molecule has 0 fully saturated rings. The van der Waals surface area contributed by atoms with E-state index >= 15 is 0 Å². The molecule has 20 heavy (non-hydrogen) atoms. The van der Waals surface area contributed by atoms with Crippen LogP contribution in [0.4, 0.5) is 0 Å². The first kappa shape index (κ1) is 16.4. The van der Waals surface area contributed by atoms with Crippen LogP contribution in [-0.4, -0.2) is 18.3 Å². The lowest BCUT2D eigenvalue weighted by atomic mass is 9.94. The highest BCUT2D eigenvalue weighted by molar-refractivity contribution is 6.07. The van der Waals surface area contributed by atoms with Crippen molar-refractivity contribution < 1.29 is 4.79 Å². The zero-order chi connectivity index (χ0) is 15.2. The Labute approximate surface area is 122 Å². The molecular formula is C17H26N2O. The van der Waals surface area contributed by atoms with E-state index < -0.39 is 0 Å². The molecule has 1 aromatic rings. The summed E-state index contributed by atoms with van der Waals surface area (Å²) in [6.07, 6.45) is 2.15. The van der Waals surface area contributed by atoms with Crippen LogP contribution in [0, 0.1) is 12.3 Å². The minimum Gasteiger partial charge on any atom is -0.310 e. The van der Waals surface area contributed by atoms with Gasteiger partial charge in [0.25, 0.3) is 5.91 Å². The smallest absolute Gasteiger partial charge is 0.256 e. The highest BCUT2D eigenvalue weighted by Crippen LogP contribution is 2.15. The maximum Gasteiger partial charge on any atom is 0.256 e. The number of unbranched alkanes of at least 4 members (excludes halogenated alkanes) is 1. The third-order valence-corrected chi connectivity index (χ3v) is 3.04. The van der Waals surface area contributed by atoms with Crippen LogP contribution in [0.5, 0.6) is 0 Å². The van der Waals surface area contributed by atoms with Gasteiger partial charge in [-0.3, -0.25) is 9.79 Å². The Hall–Kier alpha value is -1.64. The zero-order valence-electron chi connectivity index (χ0n) is 13.3. The highest BCUT2D eigenvalue weighted by atomic mass is 16.1. The van der Waals surface area contributed by atoms with Crippen molar-refractivity contribution in [1.82, 2.24) is 5.32 Å². The summed E-state index contributed by atoms with van der Waals surface area (Å²) in [6.45, 7) is 11.1. The van der Waals surface area contributed by atoms with E-state index in [0.717, 1.165) is 30.8 Å². The molecule has 0 aliphatic rings. The average Bonchev–Trinajstić information content (AvgIpc) is 2.37. The molecule has 0 aromatic heterocycles. The predicted molar refractivity (Wildman–Crippen MR) is 85.3 cm³/mol. The molecule has 0 saturated heterocycles. The molecule has 0 unspecified atom stereocenters. The standard InChI is InChI=1S/C17H26N2O/c1-6-7-12-18-16(17(3,4)5)19-15(20)14-10-8-13(2)9-11-14/h8-11H,6-7,12H2,1-5H3,(H,18,19,20). The van der Waals surface area contributed by atoms with Gasteiger partial charge in [0, 0.05) is 17.5 Å². The molecule has 0 bridgehead atoms. The van der Waals surface area contributed by atoms with E-state index in [1.807, 2.05) is 31.2 Å². The number of benzene rings is 1. The normalized spacial score (nSPS) is 12.3. The minimum absolute atomic E-state index is 0.0878. The molecule has 0 aliphatic carbocycles. The summed E-state index contributed by atoms with van der Waals surface area (Å²) in [5.41, 5.74) is 1.66. The van der Waals surface area contributed by atoms with Crippen molar-refractivity contribution in [1.29, 1.82) is 0 Å². The SMILES string of the molecule is CCCCN=C(NC(=O)c1ccc(C)cc1)C(C)(C)C. The molecule has 0 spiro atoms. The van der Waals surface area contributed by atoms with Crippen molar-refractivity contribution in [2.75, 3.05) is 6.54 Å². The third kappa shape index (κ3) is 5.16. The molecule has 0 atom stereocenters. The van der Waals surface area contributed by atoms with Crippen molar-refractivity contribution in [3.05, 3.63) is 35.4 Å². The summed E-state index contributed by atoms with van der Waals surface area (Å²) in [5, 5.41) is 2.96. The fourth-order valence-electron chi connectivity index (χ4n) is 1.70. The van der Waals surface area contributed by atoms with E-state index in [-0.39, 0.29) is 11.3 Å². The molecule has 0 radical (unpaired) electrons. The predicted octanol–water partition coefficient (Wildman–Crippen LogP) is 3.97. The van der Waals surface area contributed by atoms with Crippen LogP contribution in [-0.2, 0) is 0 Å². The van der Waals surface area contributed by atoms with Crippen LogP contribution in [0.2, 0.25) is 0 Å². The number of carbonyl (C=O) groups is 1. The number of hydrogen-bond donors (Lipinski definition) is 1. The minimum atomic E-state index is -0.159. The molecular weight excluding hydrogens is 248 g/mol. The number of aryl methyl sites for hydroxylation is 1. The number of nitrogens with zero attached hydrogens (tertiary/aromatic N) is 1. The largest absolute Gasteiger partial charge is 0.310 e. The molecule has 1 aromatic carbocycles. The quantitative estimate of drug-likeness (QED) is 0.504. The zero-order valence-corrected chi connectivity index (χ0v) is 13.3. The van der Waals surface area contributed by atoms with Gasteiger partial charge in [0.05, 0.1) is 0 Å². The second-order valence-corrected chi connectivity index (χ2v) is 6.15. The Morgan fingerprint density at radius 2 is 1.80 bits per heavy atom. The monoisotopic (exact) mass is 274 g/mol. The summed E-state index contributed by atoms with van der Waals surface area (Å²) in [4.78, 5) is 16.8. The summed E-state index contributed by atoms with van der Waals surface area (Å²) in [5.74, 6) is 0.673. The lowest BCUT2D eigenvalue weighted by Gasteiger charge is -2.22. The molecule has 110 valence electrons. The van der Waals surface area contributed by atoms with Crippen LogP contribution in [0.1, 0.15) is 56.5 Å². The van der Waals surface area contributed by atoms with Gasteiger partial charge in [0.15, 0.2) is 0 Å². The molecule has 1 N–H and O–H groups in total. The number of rotatable bonds is 4. The summed E-state index contributed by atoms with van der Waals surface area (Å²) in [6, 6.07) is 7.58. The number of carbonyl (C=O) groups excluding carboxylic acids is 1. The number of amidine groups is 1. The molecule has 0 saturated carbocycles. The fraction of sp³-hybridized carbons (Fsp3) is 0.529. The van der Waals surface area contributed by atoms with Gasteiger partial charge in [0.2, 0.25) is 0 Å². The Kier molecular flexibility index (Phi) is 5.93. The van der Waals surface area contributed by atoms with Gasteiger partial charge in [-0.25, -0.2) is 0 Å². The Morgan fingerprint density at radius 1 is 1.20 bits per heavy atom. The van der Waals surface area contributed by atoms with Crippen molar-refractivity contribution in [3.63, 3.8) is 0 Å². The lowest BCUT2D eigenvalue weighted by molar-refractivity contribution is 0.0973. The summed E-state index contributed by atoms with van der Waals surface area (Å²) in [7, 11) is 0. The number of hydrogen-bond acceptors (Lipinski definition) is 2.